The van der Waals surface area contributed by atoms with Crippen molar-refractivity contribution in [3.63, 3.8) is 0 Å². The Labute approximate surface area is 182 Å². The van der Waals surface area contributed by atoms with Gasteiger partial charge in [-0.15, -0.1) is 0 Å². The van der Waals surface area contributed by atoms with Gasteiger partial charge in [-0.2, -0.15) is 0 Å². The lowest BCUT2D eigenvalue weighted by molar-refractivity contribution is -0.128. The van der Waals surface area contributed by atoms with E-state index < -0.39 is 6.04 Å². The number of hydrogen-bond acceptors (Lipinski definition) is 4. The molecule has 1 aromatic heterocycles. The van der Waals surface area contributed by atoms with Gasteiger partial charge in [0.15, 0.2) is 0 Å². The first kappa shape index (κ1) is 22.4. The van der Waals surface area contributed by atoms with Crippen LogP contribution < -0.4 is 15.4 Å². The number of carbonyl (C=O) groups excluding carboxylic acids is 2. The van der Waals surface area contributed by atoms with E-state index in [1.165, 1.54) is 0 Å². The summed E-state index contributed by atoms with van der Waals surface area (Å²) in [5, 5.41) is 6.78. The zero-order valence-electron chi connectivity index (χ0n) is 17.9. The number of fused-ring (bicyclic) bond motifs is 1. The summed E-state index contributed by atoms with van der Waals surface area (Å²) in [6.45, 7) is 3.63. The Morgan fingerprint density at radius 3 is 2.61 bits per heavy atom. The molecular weight excluding hydrogens is 394 g/mol. The largest absolute Gasteiger partial charge is 0.497 e. The van der Waals surface area contributed by atoms with Crippen molar-refractivity contribution in [3.05, 3.63) is 65.9 Å². The normalized spacial score (nSPS) is 11.8. The van der Waals surface area contributed by atoms with Crippen LogP contribution in [0, 0.1) is 0 Å². The molecule has 2 amide bonds. The van der Waals surface area contributed by atoms with Gasteiger partial charge in [0.1, 0.15) is 11.8 Å². The number of H-pyrrole nitrogens is 1. The van der Waals surface area contributed by atoms with Gasteiger partial charge in [-0.1, -0.05) is 30.3 Å². The second kappa shape index (κ2) is 11.2. The lowest BCUT2D eigenvalue weighted by atomic mass is 10.0. The van der Waals surface area contributed by atoms with Crippen LogP contribution in [-0.2, 0) is 20.7 Å². The van der Waals surface area contributed by atoms with E-state index in [0.717, 1.165) is 16.5 Å². The highest BCUT2D eigenvalue weighted by Crippen LogP contribution is 2.20. The van der Waals surface area contributed by atoms with Crippen LogP contribution in [0.25, 0.3) is 10.9 Å². The Balaban J connectivity index is 1.70. The van der Waals surface area contributed by atoms with Crippen LogP contribution in [0.1, 0.15) is 30.5 Å². The molecule has 0 aliphatic rings. The maximum absolute atomic E-state index is 12.9. The van der Waals surface area contributed by atoms with Crippen molar-refractivity contribution in [3.8, 4) is 5.75 Å². The fraction of sp³-hybridized carbons (Fsp3) is 0.333. The molecule has 0 saturated carbocycles. The zero-order valence-corrected chi connectivity index (χ0v) is 17.9. The first-order chi connectivity index (χ1) is 15.1. The van der Waals surface area contributed by atoms with Gasteiger partial charge in [0.25, 0.3) is 0 Å². The summed E-state index contributed by atoms with van der Waals surface area (Å²) >= 11 is 0. The number of para-hydroxylation sites is 1. The van der Waals surface area contributed by atoms with Crippen LogP contribution in [0.2, 0.25) is 0 Å². The summed E-state index contributed by atoms with van der Waals surface area (Å²) in [7, 11) is 1.58. The van der Waals surface area contributed by atoms with E-state index in [2.05, 4.69) is 15.6 Å². The Hall–Kier alpha value is -3.32. The number of nitrogens with one attached hydrogen (secondary N) is 3. The molecule has 7 nitrogen and oxygen atoms in total. The third-order valence-electron chi connectivity index (χ3n) is 5.01. The lowest BCUT2D eigenvalue weighted by Crippen LogP contribution is -2.41. The van der Waals surface area contributed by atoms with Gasteiger partial charge < -0.3 is 25.1 Å². The summed E-state index contributed by atoms with van der Waals surface area (Å²) in [4.78, 5) is 28.9. The van der Waals surface area contributed by atoms with Gasteiger partial charge in [-0.05, 0) is 42.7 Å². The number of methoxy groups -OCH3 is 1. The molecular formula is C24H29N3O4. The van der Waals surface area contributed by atoms with E-state index in [0.29, 0.717) is 37.5 Å². The fourth-order valence-electron chi connectivity index (χ4n) is 3.39. The summed E-state index contributed by atoms with van der Waals surface area (Å²) in [5.41, 5.74) is 2.55. The van der Waals surface area contributed by atoms with Gasteiger partial charge in [0, 0.05) is 36.9 Å². The van der Waals surface area contributed by atoms with Crippen LogP contribution in [0.3, 0.4) is 0 Å². The minimum Gasteiger partial charge on any atom is -0.497 e. The van der Waals surface area contributed by atoms with Gasteiger partial charge in [-0.3, -0.25) is 9.59 Å². The highest BCUT2D eigenvalue weighted by atomic mass is 16.5. The van der Waals surface area contributed by atoms with E-state index >= 15 is 0 Å². The minimum absolute atomic E-state index is 0.175. The van der Waals surface area contributed by atoms with E-state index in [1.54, 1.807) is 31.4 Å². The number of aromatic amines is 1. The van der Waals surface area contributed by atoms with Gasteiger partial charge in [0.05, 0.1) is 13.5 Å². The van der Waals surface area contributed by atoms with Crippen LogP contribution in [0.5, 0.6) is 5.75 Å². The summed E-state index contributed by atoms with van der Waals surface area (Å²) in [6, 6.07) is 14.1. The molecule has 0 radical (unpaired) electrons. The number of hydrogen-bond donors (Lipinski definition) is 3. The summed E-state index contributed by atoms with van der Waals surface area (Å²) < 4.78 is 10.5. The van der Waals surface area contributed by atoms with Gasteiger partial charge in [0.2, 0.25) is 11.8 Å². The predicted octanol–water partition coefficient (Wildman–Crippen LogP) is 3.12. The predicted molar refractivity (Wildman–Crippen MR) is 120 cm³/mol. The number of rotatable bonds is 11. The molecule has 164 valence electrons. The van der Waals surface area contributed by atoms with Crippen molar-refractivity contribution in [1.82, 2.24) is 15.6 Å². The zero-order chi connectivity index (χ0) is 22.1. The minimum atomic E-state index is -0.796. The maximum Gasteiger partial charge on any atom is 0.247 e. The summed E-state index contributed by atoms with van der Waals surface area (Å²) in [5.74, 6) is 0.203. The maximum atomic E-state index is 12.9. The van der Waals surface area contributed by atoms with E-state index in [9.17, 15) is 9.59 Å². The fourth-order valence-corrected chi connectivity index (χ4v) is 3.39. The first-order valence-corrected chi connectivity index (χ1v) is 10.5. The highest BCUT2D eigenvalue weighted by Gasteiger charge is 2.23. The lowest BCUT2D eigenvalue weighted by Gasteiger charge is -2.19. The average molecular weight is 424 g/mol. The van der Waals surface area contributed by atoms with Crippen molar-refractivity contribution < 1.29 is 19.1 Å². The Kier molecular flexibility index (Phi) is 8.06. The molecule has 3 N–H and O–H groups in total. The summed E-state index contributed by atoms with van der Waals surface area (Å²) in [6.07, 6.45) is 2.72. The molecule has 0 aliphatic heterocycles. The number of benzene rings is 2. The quantitative estimate of drug-likeness (QED) is 0.413. The second-order valence-electron chi connectivity index (χ2n) is 7.15. The van der Waals surface area contributed by atoms with Crippen LogP contribution in [0.15, 0.2) is 54.7 Å². The van der Waals surface area contributed by atoms with Crippen LogP contribution >= 0.6 is 0 Å². The molecule has 0 aliphatic carbocycles. The smallest absolute Gasteiger partial charge is 0.247 e. The van der Waals surface area contributed by atoms with Gasteiger partial charge in [-0.25, -0.2) is 0 Å². The number of ether oxygens (including phenoxy) is 2. The molecule has 31 heavy (non-hydrogen) atoms. The molecule has 7 heteroatoms. The van der Waals surface area contributed by atoms with Crippen molar-refractivity contribution in [1.29, 1.82) is 0 Å². The van der Waals surface area contributed by atoms with Crippen LogP contribution in [-0.4, -0.2) is 43.7 Å². The third kappa shape index (κ3) is 6.08. The highest BCUT2D eigenvalue weighted by molar-refractivity contribution is 5.92. The SMILES string of the molecule is CCOCCCNC(=O)[C@@H](NC(=O)Cc1c[nH]c2ccccc12)c1ccc(OC)cc1. The molecule has 0 fully saturated rings. The number of carbonyl (C=O) groups is 2. The monoisotopic (exact) mass is 423 g/mol. The molecule has 0 saturated heterocycles. The average Bonchev–Trinajstić information content (AvgIpc) is 3.20. The molecule has 1 heterocycles. The molecule has 0 unspecified atom stereocenters. The van der Waals surface area contributed by atoms with E-state index in [1.807, 2.05) is 37.4 Å². The Morgan fingerprint density at radius 1 is 1.10 bits per heavy atom. The van der Waals surface area contributed by atoms with E-state index in [-0.39, 0.29) is 18.2 Å². The van der Waals surface area contributed by atoms with Crippen molar-refractivity contribution >= 4 is 22.7 Å². The third-order valence-corrected chi connectivity index (χ3v) is 5.01. The van der Waals surface area contributed by atoms with Gasteiger partial charge >= 0.3 is 0 Å². The molecule has 0 spiro atoms. The Morgan fingerprint density at radius 2 is 1.87 bits per heavy atom. The molecule has 3 rings (SSSR count). The second-order valence-corrected chi connectivity index (χ2v) is 7.15. The molecule has 1 atom stereocenters. The van der Waals surface area contributed by atoms with E-state index in [4.69, 9.17) is 9.47 Å². The topological polar surface area (TPSA) is 92.5 Å². The molecule has 3 aromatic rings. The van der Waals surface area contributed by atoms with Crippen molar-refractivity contribution in [2.45, 2.75) is 25.8 Å². The number of aromatic nitrogens is 1. The number of amides is 2. The van der Waals surface area contributed by atoms with Crippen molar-refractivity contribution in [2.24, 2.45) is 0 Å². The standard InChI is InChI=1S/C24H29N3O4/c1-3-31-14-6-13-25-24(29)23(17-9-11-19(30-2)12-10-17)27-22(28)15-18-16-26-21-8-5-4-7-20(18)21/h4-5,7-12,16,23,26H,3,6,13-15H2,1-2H3,(H,25,29)(H,27,28)/t23-/m0/s1. The Bertz CT molecular complexity index is 997. The first-order valence-electron chi connectivity index (χ1n) is 10.5. The molecule has 2 aromatic carbocycles. The van der Waals surface area contributed by atoms with Crippen molar-refractivity contribution in [2.75, 3.05) is 26.9 Å². The van der Waals surface area contributed by atoms with Crippen LogP contribution in [0.4, 0.5) is 0 Å². The molecule has 0 bridgehead atoms.